The Kier molecular flexibility index (Phi) is 2.33. The van der Waals surface area contributed by atoms with E-state index < -0.39 is 0 Å². The van der Waals surface area contributed by atoms with Gasteiger partial charge in [0.05, 0.1) is 12.7 Å². The number of anilines is 1. The average molecular weight is 222 g/mol. The fourth-order valence-electron chi connectivity index (χ4n) is 2.58. The Labute approximate surface area is 94.0 Å². The first kappa shape index (κ1) is 10.1. The van der Waals surface area contributed by atoms with Crippen molar-refractivity contribution >= 4 is 5.69 Å². The lowest BCUT2D eigenvalue weighted by atomic mass is 10.1. The van der Waals surface area contributed by atoms with Crippen LogP contribution in [-0.2, 0) is 11.3 Å². The van der Waals surface area contributed by atoms with Crippen molar-refractivity contribution in [3.8, 4) is 0 Å². The molecule has 0 amide bonds. The number of benzene rings is 1. The number of nitrogen functional groups attached to an aromatic ring is 1. The van der Waals surface area contributed by atoms with E-state index in [2.05, 4.69) is 4.90 Å². The number of likely N-dealkylation sites (tertiary alicyclic amines) is 1. The Morgan fingerprint density at radius 2 is 2.38 bits per heavy atom. The summed E-state index contributed by atoms with van der Waals surface area (Å²) in [5.74, 6) is -0.205. The first-order chi connectivity index (χ1) is 7.72. The molecule has 1 aromatic carbocycles. The van der Waals surface area contributed by atoms with E-state index in [9.17, 15) is 4.39 Å². The van der Waals surface area contributed by atoms with Crippen molar-refractivity contribution in [3.63, 3.8) is 0 Å². The second-order valence-corrected chi connectivity index (χ2v) is 4.63. The molecule has 0 radical (unpaired) electrons. The minimum Gasteiger partial charge on any atom is -0.399 e. The molecule has 2 aliphatic rings. The van der Waals surface area contributed by atoms with Crippen LogP contribution in [0.25, 0.3) is 0 Å². The molecule has 1 aromatic rings. The van der Waals surface area contributed by atoms with Gasteiger partial charge >= 0.3 is 0 Å². The summed E-state index contributed by atoms with van der Waals surface area (Å²) in [5.41, 5.74) is 6.73. The topological polar surface area (TPSA) is 38.5 Å². The fraction of sp³-hybridized carbons (Fsp3) is 0.500. The smallest absolute Gasteiger partial charge is 0.129 e. The van der Waals surface area contributed by atoms with E-state index in [-0.39, 0.29) is 5.82 Å². The molecule has 2 N–H and O–H groups in total. The summed E-state index contributed by atoms with van der Waals surface area (Å²) in [6.07, 6.45) is 1.46. The molecular formula is C12H15FN2O. The molecule has 86 valence electrons. The van der Waals surface area contributed by atoms with Crippen molar-refractivity contribution in [1.29, 1.82) is 0 Å². The first-order valence-electron chi connectivity index (χ1n) is 5.62. The number of nitrogens with two attached hydrogens (primary N) is 1. The van der Waals surface area contributed by atoms with Crippen LogP contribution in [-0.4, -0.2) is 30.2 Å². The molecule has 2 atom stereocenters. The maximum absolute atomic E-state index is 13.6. The van der Waals surface area contributed by atoms with E-state index >= 15 is 0 Å². The zero-order valence-electron chi connectivity index (χ0n) is 9.03. The SMILES string of the molecule is Nc1ccc(CN2CC3CC2CO3)c(F)c1. The number of hydrogen-bond donors (Lipinski definition) is 1. The third-order valence-electron chi connectivity index (χ3n) is 3.46. The quantitative estimate of drug-likeness (QED) is 0.768. The summed E-state index contributed by atoms with van der Waals surface area (Å²) in [6.45, 7) is 2.38. The van der Waals surface area contributed by atoms with Crippen molar-refractivity contribution in [1.82, 2.24) is 4.90 Å². The lowest BCUT2D eigenvalue weighted by molar-refractivity contribution is 0.0269. The highest BCUT2D eigenvalue weighted by Crippen LogP contribution is 2.29. The number of nitrogens with zero attached hydrogens (tertiary/aromatic N) is 1. The molecule has 2 aliphatic heterocycles. The molecule has 0 spiro atoms. The van der Waals surface area contributed by atoms with E-state index in [4.69, 9.17) is 10.5 Å². The Bertz CT molecular complexity index is 410. The van der Waals surface area contributed by atoms with Crippen LogP contribution in [0.4, 0.5) is 10.1 Å². The summed E-state index contributed by atoms with van der Waals surface area (Å²) < 4.78 is 19.1. The Morgan fingerprint density at radius 1 is 1.50 bits per heavy atom. The highest BCUT2D eigenvalue weighted by atomic mass is 19.1. The fourth-order valence-corrected chi connectivity index (χ4v) is 2.58. The summed E-state index contributed by atoms with van der Waals surface area (Å²) in [4.78, 5) is 2.29. The number of rotatable bonds is 2. The van der Waals surface area contributed by atoms with Crippen LogP contribution >= 0.6 is 0 Å². The molecule has 2 bridgehead atoms. The van der Waals surface area contributed by atoms with Gasteiger partial charge in [-0.05, 0) is 18.6 Å². The minimum absolute atomic E-state index is 0.205. The monoisotopic (exact) mass is 222 g/mol. The standard InChI is InChI=1S/C12H15FN2O/c13-12-3-9(14)2-1-8(12)5-15-6-11-4-10(15)7-16-11/h1-3,10-11H,4-7,14H2. The normalized spacial score (nSPS) is 28.8. The van der Waals surface area contributed by atoms with Gasteiger partial charge in [-0.15, -0.1) is 0 Å². The number of ether oxygens (including phenoxy) is 1. The molecule has 2 unspecified atom stereocenters. The predicted octanol–water partition coefficient (Wildman–Crippen LogP) is 1.38. The van der Waals surface area contributed by atoms with Crippen LogP contribution in [0, 0.1) is 5.82 Å². The molecule has 2 fully saturated rings. The molecule has 3 rings (SSSR count). The predicted molar refractivity (Wildman–Crippen MR) is 59.4 cm³/mol. The molecule has 4 heteroatoms. The van der Waals surface area contributed by atoms with Gasteiger partial charge in [0, 0.05) is 30.4 Å². The number of hydrogen-bond acceptors (Lipinski definition) is 3. The zero-order valence-corrected chi connectivity index (χ0v) is 9.03. The van der Waals surface area contributed by atoms with Crippen molar-refractivity contribution < 1.29 is 9.13 Å². The Morgan fingerprint density at radius 3 is 3.00 bits per heavy atom. The summed E-state index contributed by atoms with van der Waals surface area (Å²) in [5, 5.41) is 0. The summed E-state index contributed by atoms with van der Waals surface area (Å²) in [7, 11) is 0. The third-order valence-corrected chi connectivity index (χ3v) is 3.46. The van der Waals surface area contributed by atoms with Gasteiger partial charge in [-0.25, -0.2) is 4.39 Å². The van der Waals surface area contributed by atoms with Crippen LogP contribution in [0.1, 0.15) is 12.0 Å². The van der Waals surface area contributed by atoms with E-state index in [1.165, 1.54) is 6.07 Å². The number of morpholine rings is 1. The second-order valence-electron chi connectivity index (χ2n) is 4.63. The molecule has 2 saturated heterocycles. The van der Waals surface area contributed by atoms with Gasteiger partial charge in [0.2, 0.25) is 0 Å². The van der Waals surface area contributed by atoms with Gasteiger partial charge in [0.25, 0.3) is 0 Å². The number of fused-ring (bicyclic) bond motifs is 2. The van der Waals surface area contributed by atoms with Crippen molar-refractivity contribution in [2.75, 3.05) is 18.9 Å². The van der Waals surface area contributed by atoms with Gasteiger partial charge in [-0.2, -0.15) is 0 Å². The summed E-state index contributed by atoms with van der Waals surface area (Å²) in [6, 6.07) is 5.39. The Balaban J connectivity index is 1.74. The highest BCUT2D eigenvalue weighted by Gasteiger charge is 2.38. The van der Waals surface area contributed by atoms with E-state index in [1.807, 2.05) is 0 Å². The lowest BCUT2D eigenvalue weighted by Crippen LogP contribution is -2.36. The Hall–Kier alpha value is -1.13. The largest absolute Gasteiger partial charge is 0.399 e. The van der Waals surface area contributed by atoms with Gasteiger partial charge in [0.15, 0.2) is 0 Å². The van der Waals surface area contributed by atoms with Crippen molar-refractivity contribution in [3.05, 3.63) is 29.6 Å². The van der Waals surface area contributed by atoms with Gasteiger partial charge < -0.3 is 10.5 Å². The molecular weight excluding hydrogens is 207 g/mol. The lowest BCUT2D eigenvalue weighted by Gasteiger charge is -2.26. The van der Waals surface area contributed by atoms with E-state index in [0.717, 1.165) is 25.1 Å². The van der Waals surface area contributed by atoms with Gasteiger partial charge in [0.1, 0.15) is 5.82 Å². The highest BCUT2D eigenvalue weighted by molar-refractivity contribution is 5.40. The van der Waals surface area contributed by atoms with Gasteiger partial charge in [-0.3, -0.25) is 4.90 Å². The van der Waals surface area contributed by atoms with Crippen LogP contribution in [0.3, 0.4) is 0 Å². The summed E-state index contributed by atoms with van der Waals surface area (Å²) >= 11 is 0. The zero-order chi connectivity index (χ0) is 11.1. The van der Waals surface area contributed by atoms with Crippen LogP contribution in [0.2, 0.25) is 0 Å². The minimum atomic E-state index is -0.205. The first-order valence-corrected chi connectivity index (χ1v) is 5.62. The van der Waals surface area contributed by atoms with Crippen molar-refractivity contribution in [2.45, 2.75) is 25.1 Å². The van der Waals surface area contributed by atoms with Gasteiger partial charge in [-0.1, -0.05) is 6.07 Å². The van der Waals surface area contributed by atoms with Crippen LogP contribution < -0.4 is 5.73 Å². The van der Waals surface area contributed by atoms with E-state index in [1.54, 1.807) is 12.1 Å². The molecule has 0 aliphatic carbocycles. The van der Waals surface area contributed by atoms with Crippen LogP contribution in [0.5, 0.6) is 0 Å². The van der Waals surface area contributed by atoms with E-state index in [0.29, 0.717) is 24.4 Å². The molecule has 0 saturated carbocycles. The van der Waals surface area contributed by atoms with Crippen LogP contribution in [0.15, 0.2) is 18.2 Å². The molecule has 3 nitrogen and oxygen atoms in total. The second kappa shape index (κ2) is 3.71. The molecule has 0 aromatic heterocycles. The number of halogens is 1. The molecule has 16 heavy (non-hydrogen) atoms. The third kappa shape index (κ3) is 1.68. The average Bonchev–Trinajstić information content (AvgIpc) is 2.84. The maximum Gasteiger partial charge on any atom is 0.129 e. The maximum atomic E-state index is 13.6. The van der Waals surface area contributed by atoms with Crippen molar-refractivity contribution in [2.24, 2.45) is 0 Å². The molecule has 2 heterocycles.